The van der Waals surface area contributed by atoms with Crippen molar-refractivity contribution in [2.75, 3.05) is 6.61 Å². The van der Waals surface area contributed by atoms with Crippen molar-refractivity contribution >= 4 is 5.78 Å². The fourth-order valence-electron chi connectivity index (χ4n) is 1.31. The van der Waals surface area contributed by atoms with Crippen LogP contribution in [0.1, 0.15) is 44.2 Å². The smallest absolute Gasteiger partial charge is 0.186 e. The van der Waals surface area contributed by atoms with Crippen LogP contribution in [0.2, 0.25) is 0 Å². The molecule has 0 saturated carbocycles. The van der Waals surface area contributed by atoms with E-state index in [2.05, 4.69) is 5.10 Å². The predicted octanol–water partition coefficient (Wildman–Crippen LogP) is 1.67. The molecule has 1 aromatic heterocycles. The second kappa shape index (κ2) is 4.14. The van der Waals surface area contributed by atoms with E-state index in [0.717, 1.165) is 0 Å². The van der Waals surface area contributed by atoms with Gasteiger partial charge in [0.1, 0.15) is 5.69 Å². The van der Waals surface area contributed by atoms with Crippen molar-refractivity contribution in [2.45, 2.75) is 33.7 Å². The monoisotopic (exact) mass is 210 g/mol. The Hall–Kier alpha value is -1.16. The van der Waals surface area contributed by atoms with Gasteiger partial charge >= 0.3 is 0 Å². The van der Waals surface area contributed by atoms with E-state index in [-0.39, 0.29) is 18.4 Å². The zero-order valence-electron chi connectivity index (χ0n) is 9.69. The Balaban J connectivity index is 3.06. The van der Waals surface area contributed by atoms with Crippen molar-refractivity contribution in [3.05, 3.63) is 18.0 Å². The normalized spacial score (nSPS) is 13.9. The molecule has 0 aliphatic carbocycles. The molecule has 0 aromatic carbocycles. The van der Waals surface area contributed by atoms with Crippen LogP contribution in [0.5, 0.6) is 0 Å². The topological polar surface area (TPSA) is 55.1 Å². The summed E-state index contributed by atoms with van der Waals surface area (Å²) < 4.78 is 1.58. The van der Waals surface area contributed by atoms with Gasteiger partial charge in [0, 0.05) is 11.6 Å². The number of Topliss-reactive ketones (excluding diaryl/α,β-unsaturated/α-hetero) is 1. The van der Waals surface area contributed by atoms with Crippen LogP contribution in [0, 0.1) is 5.41 Å². The molecule has 0 radical (unpaired) electrons. The molecule has 1 aromatic rings. The summed E-state index contributed by atoms with van der Waals surface area (Å²) >= 11 is 0. The Morgan fingerprint density at radius 1 is 1.60 bits per heavy atom. The Kier molecular flexibility index (Phi) is 3.29. The molecule has 0 saturated heterocycles. The molecule has 4 nitrogen and oxygen atoms in total. The molecule has 0 aliphatic rings. The standard InChI is InChI=1S/C11H18N2O2/c1-8(7-14)13-9(5-6-12-13)10(15)11(2,3)4/h5-6,8,14H,7H2,1-4H3/t8-/m1/s1. The molecule has 4 heteroatoms. The Labute approximate surface area is 89.9 Å². The third-order valence-corrected chi connectivity index (χ3v) is 2.27. The average Bonchev–Trinajstić information content (AvgIpc) is 2.62. The van der Waals surface area contributed by atoms with E-state index in [4.69, 9.17) is 5.11 Å². The molecule has 0 aliphatic heterocycles. The van der Waals surface area contributed by atoms with Crippen LogP contribution >= 0.6 is 0 Å². The van der Waals surface area contributed by atoms with Gasteiger partial charge in [-0.2, -0.15) is 5.10 Å². The fraction of sp³-hybridized carbons (Fsp3) is 0.636. The van der Waals surface area contributed by atoms with Gasteiger partial charge in [0.05, 0.1) is 12.6 Å². The SMILES string of the molecule is C[C@H](CO)n1nccc1C(=O)C(C)(C)C. The lowest BCUT2D eigenvalue weighted by molar-refractivity contribution is 0.0841. The maximum absolute atomic E-state index is 12.0. The van der Waals surface area contributed by atoms with E-state index in [0.29, 0.717) is 5.69 Å². The number of aliphatic hydroxyl groups is 1. The first kappa shape index (κ1) is 11.9. The highest BCUT2D eigenvalue weighted by Gasteiger charge is 2.26. The Morgan fingerprint density at radius 2 is 2.20 bits per heavy atom. The molecule has 1 atom stereocenters. The Morgan fingerprint density at radius 3 is 2.67 bits per heavy atom. The molecule has 0 spiro atoms. The lowest BCUT2D eigenvalue weighted by Crippen LogP contribution is -2.25. The number of hydrogen-bond donors (Lipinski definition) is 1. The maximum Gasteiger partial charge on any atom is 0.186 e. The second-order valence-corrected chi connectivity index (χ2v) is 4.77. The predicted molar refractivity (Wildman–Crippen MR) is 57.8 cm³/mol. The van der Waals surface area contributed by atoms with Crippen LogP contribution in [0.4, 0.5) is 0 Å². The number of carbonyl (C=O) groups excluding carboxylic acids is 1. The number of ketones is 1. The van der Waals surface area contributed by atoms with Gasteiger partial charge < -0.3 is 5.11 Å². The molecule has 0 fully saturated rings. The first-order valence-corrected chi connectivity index (χ1v) is 5.07. The van der Waals surface area contributed by atoms with E-state index in [1.807, 2.05) is 27.7 Å². The van der Waals surface area contributed by atoms with Gasteiger partial charge in [-0.25, -0.2) is 0 Å². The third-order valence-electron chi connectivity index (χ3n) is 2.27. The van der Waals surface area contributed by atoms with Gasteiger partial charge in [-0.3, -0.25) is 9.48 Å². The minimum absolute atomic E-state index is 0.0217. The molecular weight excluding hydrogens is 192 g/mol. The van der Waals surface area contributed by atoms with E-state index >= 15 is 0 Å². The number of aromatic nitrogens is 2. The van der Waals surface area contributed by atoms with Crippen LogP contribution in [-0.2, 0) is 0 Å². The van der Waals surface area contributed by atoms with E-state index in [1.165, 1.54) is 0 Å². The molecule has 1 rings (SSSR count). The minimum Gasteiger partial charge on any atom is -0.394 e. The largest absolute Gasteiger partial charge is 0.394 e. The second-order valence-electron chi connectivity index (χ2n) is 4.77. The molecule has 0 bridgehead atoms. The third kappa shape index (κ3) is 2.45. The average molecular weight is 210 g/mol. The summed E-state index contributed by atoms with van der Waals surface area (Å²) in [5.74, 6) is 0.0419. The van der Waals surface area contributed by atoms with E-state index in [9.17, 15) is 4.79 Å². The Bertz CT molecular complexity index is 350. The number of nitrogens with zero attached hydrogens (tertiary/aromatic N) is 2. The number of carbonyl (C=O) groups is 1. The van der Waals surface area contributed by atoms with Crippen molar-refractivity contribution in [1.29, 1.82) is 0 Å². The molecule has 84 valence electrons. The molecule has 1 N–H and O–H groups in total. The quantitative estimate of drug-likeness (QED) is 0.772. The first-order chi connectivity index (χ1) is 6.88. The fourth-order valence-corrected chi connectivity index (χ4v) is 1.31. The number of rotatable bonds is 3. The van der Waals surface area contributed by atoms with Gasteiger partial charge in [0.2, 0.25) is 0 Å². The van der Waals surface area contributed by atoms with Crippen molar-refractivity contribution in [3.8, 4) is 0 Å². The molecule has 1 heterocycles. The molecule has 0 unspecified atom stereocenters. The zero-order valence-corrected chi connectivity index (χ0v) is 9.69. The lowest BCUT2D eigenvalue weighted by atomic mass is 9.89. The maximum atomic E-state index is 12.0. The van der Waals surface area contributed by atoms with Crippen molar-refractivity contribution in [3.63, 3.8) is 0 Å². The first-order valence-electron chi connectivity index (χ1n) is 5.07. The summed E-state index contributed by atoms with van der Waals surface area (Å²) in [6.07, 6.45) is 1.59. The van der Waals surface area contributed by atoms with E-state index in [1.54, 1.807) is 16.9 Å². The minimum atomic E-state index is -0.424. The molecule has 0 amide bonds. The van der Waals surface area contributed by atoms with Gasteiger partial charge in [-0.1, -0.05) is 20.8 Å². The summed E-state index contributed by atoms with van der Waals surface area (Å²) in [5, 5.41) is 13.1. The number of hydrogen-bond acceptors (Lipinski definition) is 3. The van der Waals surface area contributed by atoms with Crippen molar-refractivity contribution in [2.24, 2.45) is 5.41 Å². The van der Waals surface area contributed by atoms with Gasteiger partial charge in [-0.15, -0.1) is 0 Å². The zero-order chi connectivity index (χ0) is 11.6. The molecular formula is C11H18N2O2. The van der Waals surface area contributed by atoms with Gasteiger partial charge in [0.15, 0.2) is 5.78 Å². The lowest BCUT2D eigenvalue weighted by Gasteiger charge is -2.19. The number of aliphatic hydroxyl groups excluding tert-OH is 1. The summed E-state index contributed by atoms with van der Waals surface area (Å²) in [6, 6.07) is 1.53. The highest BCUT2D eigenvalue weighted by atomic mass is 16.3. The van der Waals surface area contributed by atoms with E-state index < -0.39 is 5.41 Å². The van der Waals surface area contributed by atoms with Crippen LogP contribution in [-0.4, -0.2) is 27.3 Å². The van der Waals surface area contributed by atoms with Crippen molar-refractivity contribution in [1.82, 2.24) is 9.78 Å². The summed E-state index contributed by atoms with van der Waals surface area (Å²) in [7, 11) is 0. The summed E-state index contributed by atoms with van der Waals surface area (Å²) in [4.78, 5) is 12.0. The van der Waals surface area contributed by atoms with Crippen LogP contribution < -0.4 is 0 Å². The van der Waals surface area contributed by atoms with Crippen LogP contribution in [0.15, 0.2) is 12.3 Å². The highest BCUT2D eigenvalue weighted by Crippen LogP contribution is 2.21. The molecule has 15 heavy (non-hydrogen) atoms. The van der Waals surface area contributed by atoms with Crippen molar-refractivity contribution < 1.29 is 9.90 Å². The van der Waals surface area contributed by atoms with Crippen LogP contribution in [0.25, 0.3) is 0 Å². The van der Waals surface area contributed by atoms with Gasteiger partial charge in [0.25, 0.3) is 0 Å². The highest BCUT2D eigenvalue weighted by molar-refractivity contribution is 5.98. The van der Waals surface area contributed by atoms with Gasteiger partial charge in [-0.05, 0) is 13.0 Å². The summed E-state index contributed by atoms with van der Waals surface area (Å²) in [6.45, 7) is 7.42. The van der Waals surface area contributed by atoms with Crippen LogP contribution in [0.3, 0.4) is 0 Å². The summed E-state index contributed by atoms with van der Waals surface area (Å²) in [5.41, 5.74) is 0.136.